The van der Waals surface area contributed by atoms with Crippen molar-refractivity contribution in [2.24, 2.45) is 0 Å². The van der Waals surface area contributed by atoms with Gasteiger partial charge in [-0.05, 0) is 12.6 Å². The number of carbonyl (C=O) groups excluding carboxylic acids is 1. The first-order valence-electron chi connectivity index (χ1n) is 6.03. The fourth-order valence-corrected chi connectivity index (χ4v) is 4.46. The second kappa shape index (κ2) is 7.02. The smallest absolute Gasteiger partial charge is 0.356 e. The van der Waals surface area contributed by atoms with Crippen LogP contribution >= 0.6 is 15.2 Å². The van der Waals surface area contributed by atoms with Gasteiger partial charge in [-0.15, -0.1) is 0 Å². The van der Waals surface area contributed by atoms with Gasteiger partial charge in [-0.25, -0.2) is 4.79 Å². The Kier molecular flexibility index (Phi) is 6.06. The summed E-state index contributed by atoms with van der Waals surface area (Å²) in [5.74, 6) is -1.66. The summed E-state index contributed by atoms with van der Waals surface area (Å²) in [5, 5.41) is 2.22. The Morgan fingerprint density at radius 1 is 1.14 bits per heavy atom. The number of benzene rings is 1. The Labute approximate surface area is 126 Å². The Balaban J connectivity index is 3.13. The molecule has 0 bridgehead atoms. The molecule has 0 saturated carbocycles. The van der Waals surface area contributed by atoms with Gasteiger partial charge in [0.15, 0.2) is 0 Å². The Hall–Kier alpha value is -1.05. The summed E-state index contributed by atoms with van der Waals surface area (Å²) in [5.41, 5.74) is 0.505. The molecule has 1 rings (SSSR count). The van der Waals surface area contributed by atoms with Crippen molar-refractivity contribution in [2.45, 2.75) is 11.5 Å². The van der Waals surface area contributed by atoms with Gasteiger partial charge in [0.25, 0.3) is 4.90 Å². The third-order valence-corrected chi connectivity index (χ3v) is 7.10. The fourth-order valence-electron chi connectivity index (χ4n) is 1.77. The molecule has 0 fully saturated rings. The van der Waals surface area contributed by atoms with Gasteiger partial charge in [-0.1, -0.05) is 30.3 Å². The monoisotopic (exact) mass is 353 g/mol. The van der Waals surface area contributed by atoms with Gasteiger partial charge in [-0.2, -0.15) is 0 Å². The van der Waals surface area contributed by atoms with E-state index < -0.39 is 32.6 Å². The van der Waals surface area contributed by atoms with Gasteiger partial charge < -0.3 is 29.6 Å². The molecule has 1 aromatic rings. The maximum Gasteiger partial charge on any atom is 0.356 e. The molecule has 0 aromatic heterocycles. The molecule has 0 radical (unpaired) electrons. The molecule has 22 heavy (non-hydrogen) atoms. The van der Waals surface area contributed by atoms with Crippen molar-refractivity contribution >= 4 is 21.2 Å². The molecule has 0 unspecified atom stereocenters. The first-order chi connectivity index (χ1) is 10.1. The van der Waals surface area contributed by atoms with Gasteiger partial charge in [0.2, 0.25) is 0 Å². The van der Waals surface area contributed by atoms with Crippen molar-refractivity contribution in [2.75, 3.05) is 13.6 Å². The minimum absolute atomic E-state index is 0.370. The summed E-state index contributed by atoms with van der Waals surface area (Å²) < 4.78 is 27.9. The zero-order valence-electron chi connectivity index (χ0n) is 11.6. The zero-order chi connectivity index (χ0) is 17.0. The molecule has 0 atom stereocenters. The highest BCUT2D eigenvalue weighted by Crippen LogP contribution is 2.69. The Bertz CT molecular complexity index is 586. The highest BCUT2D eigenvalue weighted by molar-refractivity contribution is 7.74. The molecule has 0 heterocycles. The topological polar surface area (TPSA) is 153 Å². The maximum absolute atomic E-state index is 12.1. The summed E-state index contributed by atoms with van der Waals surface area (Å²) >= 11 is 0. The van der Waals surface area contributed by atoms with Gasteiger partial charge in [0.05, 0.1) is 0 Å². The fraction of sp³-hybridized carbons (Fsp3) is 0.364. The van der Waals surface area contributed by atoms with E-state index in [0.29, 0.717) is 5.56 Å². The molecule has 9 nitrogen and oxygen atoms in total. The standard InChI is InChI=1S/C11H17NO8P2/c1-12-8-11(21(14,15)16,22(17,18)19)10(13)20-7-9-5-3-2-4-6-9/h2-6,12H,7-8H2,1H3,(H2,14,15,16)(H2,17,18,19). The first-order valence-corrected chi connectivity index (χ1v) is 9.26. The summed E-state index contributed by atoms with van der Waals surface area (Å²) in [6.45, 7) is -1.31. The van der Waals surface area contributed by atoms with Crippen LogP contribution in [0.25, 0.3) is 0 Å². The molecule has 0 aliphatic heterocycles. The second-order valence-corrected chi connectivity index (χ2v) is 8.55. The van der Waals surface area contributed by atoms with E-state index in [2.05, 4.69) is 5.32 Å². The average Bonchev–Trinajstić information content (AvgIpc) is 2.40. The predicted molar refractivity (Wildman–Crippen MR) is 77.0 cm³/mol. The lowest BCUT2D eigenvalue weighted by Gasteiger charge is -2.31. The quantitative estimate of drug-likeness (QED) is 0.337. The van der Waals surface area contributed by atoms with Crippen LogP contribution in [0.3, 0.4) is 0 Å². The Morgan fingerprint density at radius 3 is 2.05 bits per heavy atom. The van der Waals surface area contributed by atoms with Crippen molar-refractivity contribution in [3.8, 4) is 0 Å². The van der Waals surface area contributed by atoms with Crippen LogP contribution < -0.4 is 5.32 Å². The average molecular weight is 353 g/mol. The van der Waals surface area contributed by atoms with E-state index in [4.69, 9.17) is 4.74 Å². The molecular weight excluding hydrogens is 336 g/mol. The zero-order valence-corrected chi connectivity index (χ0v) is 13.4. The molecule has 0 spiro atoms. The molecule has 0 amide bonds. The third kappa shape index (κ3) is 3.83. The summed E-state index contributed by atoms with van der Waals surface area (Å²) in [6.07, 6.45) is 0. The SMILES string of the molecule is CNCC(C(=O)OCc1ccccc1)(P(=O)(O)O)P(=O)(O)O. The lowest BCUT2D eigenvalue weighted by molar-refractivity contribution is -0.146. The number of ether oxygens (including phenoxy) is 1. The van der Waals surface area contributed by atoms with Crippen LogP contribution in [0.2, 0.25) is 0 Å². The lowest BCUT2D eigenvalue weighted by Crippen LogP contribution is -2.47. The van der Waals surface area contributed by atoms with E-state index in [0.717, 1.165) is 0 Å². The molecule has 11 heteroatoms. The number of carbonyl (C=O) groups is 1. The summed E-state index contributed by atoms with van der Waals surface area (Å²) in [7, 11) is -9.85. The van der Waals surface area contributed by atoms with Crippen molar-refractivity contribution < 1.29 is 38.2 Å². The summed E-state index contributed by atoms with van der Waals surface area (Å²) in [4.78, 5) is 46.2. The molecule has 0 aliphatic carbocycles. The van der Waals surface area contributed by atoms with Gasteiger partial charge >= 0.3 is 21.2 Å². The number of esters is 1. The van der Waals surface area contributed by atoms with Crippen LogP contribution in [0, 0.1) is 0 Å². The van der Waals surface area contributed by atoms with Crippen molar-refractivity contribution in [3.05, 3.63) is 35.9 Å². The molecule has 1 aromatic carbocycles. The molecule has 0 saturated heterocycles. The van der Waals surface area contributed by atoms with Crippen molar-refractivity contribution in [1.29, 1.82) is 0 Å². The van der Waals surface area contributed by atoms with E-state index in [-0.39, 0.29) is 6.61 Å². The maximum atomic E-state index is 12.1. The third-order valence-electron chi connectivity index (χ3n) is 2.93. The Morgan fingerprint density at radius 2 is 1.64 bits per heavy atom. The van der Waals surface area contributed by atoms with E-state index in [1.54, 1.807) is 30.3 Å². The van der Waals surface area contributed by atoms with Crippen LogP contribution in [0.1, 0.15) is 5.56 Å². The van der Waals surface area contributed by atoms with E-state index >= 15 is 0 Å². The number of hydrogen-bond donors (Lipinski definition) is 5. The predicted octanol–water partition coefficient (Wildman–Crippen LogP) is 0.000900. The largest absolute Gasteiger partial charge is 0.459 e. The van der Waals surface area contributed by atoms with Crippen LogP contribution in [-0.4, -0.2) is 44.0 Å². The summed E-state index contributed by atoms with van der Waals surface area (Å²) in [6, 6.07) is 8.18. The minimum Gasteiger partial charge on any atom is -0.459 e. The number of hydrogen-bond acceptors (Lipinski definition) is 5. The van der Waals surface area contributed by atoms with Gasteiger partial charge in [-0.3, -0.25) is 9.13 Å². The first kappa shape index (κ1) is 19.0. The van der Waals surface area contributed by atoms with Crippen LogP contribution in [0.4, 0.5) is 0 Å². The molecule has 0 aliphatic rings. The van der Waals surface area contributed by atoms with Gasteiger partial charge in [0, 0.05) is 6.54 Å². The molecule has 124 valence electrons. The van der Waals surface area contributed by atoms with Crippen LogP contribution in [0.5, 0.6) is 0 Å². The van der Waals surface area contributed by atoms with E-state index in [9.17, 15) is 33.5 Å². The highest BCUT2D eigenvalue weighted by atomic mass is 31.2. The molecular formula is C11H17NO8P2. The minimum atomic E-state index is -5.52. The number of rotatable bonds is 7. The second-order valence-electron chi connectivity index (χ2n) is 4.50. The number of nitrogens with one attached hydrogen (secondary N) is 1. The van der Waals surface area contributed by atoms with Crippen molar-refractivity contribution in [1.82, 2.24) is 5.32 Å². The van der Waals surface area contributed by atoms with E-state index in [1.165, 1.54) is 7.05 Å². The lowest BCUT2D eigenvalue weighted by atomic mass is 10.2. The molecule has 5 N–H and O–H groups in total. The van der Waals surface area contributed by atoms with Crippen LogP contribution in [-0.2, 0) is 25.3 Å². The normalized spacial score (nSPS) is 13.0. The van der Waals surface area contributed by atoms with Crippen LogP contribution in [0.15, 0.2) is 30.3 Å². The van der Waals surface area contributed by atoms with Gasteiger partial charge in [0.1, 0.15) is 6.61 Å². The highest BCUT2D eigenvalue weighted by Gasteiger charge is 2.67. The van der Waals surface area contributed by atoms with E-state index in [1.807, 2.05) is 0 Å². The van der Waals surface area contributed by atoms with Crippen molar-refractivity contribution in [3.63, 3.8) is 0 Å².